The molecule has 6 heteroatoms. The molecule has 1 aromatic carbocycles. The van der Waals surface area contributed by atoms with Gasteiger partial charge in [0.2, 0.25) is 0 Å². The van der Waals surface area contributed by atoms with Crippen molar-refractivity contribution in [2.24, 2.45) is 17.8 Å². The maximum absolute atomic E-state index is 14.1. The Hall–Kier alpha value is -3.04. The zero-order valence-corrected chi connectivity index (χ0v) is 18.1. The normalized spacial score (nSPS) is 30.9. The van der Waals surface area contributed by atoms with Gasteiger partial charge in [-0.3, -0.25) is 9.59 Å². The molecule has 5 nitrogen and oxygen atoms in total. The SMILES string of the molecule is C=C(C(=O)c1ccc(C(=O)NC2C3CC4CC2CC(O)(C4)C3)c(C#N)c1)/C(F)=C\C=C/C. The van der Waals surface area contributed by atoms with Gasteiger partial charge in [-0.15, -0.1) is 0 Å². The van der Waals surface area contributed by atoms with Crippen molar-refractivity contribution < 1.29 is 19.1 Å². The van der Waals surface area contributed by atoms with Crippen LogP contribution in [0.5, 0.6) is 0 Å². The van der Waals surface area contributed by atoms with E-state index < -0.39 is 17.2 Å². The van der Waals surface area contributed by atoms with Crippen LogP contribution in [-0.4, -0.2) is 28.4 Å². The number of nitriles is 1. The third-order valence-electron chi connectivity index (χ3n) is 7.18. The summed E-state index contributed by atoms with van der Waals surface area (Å²) in [6.07, 6.45) is 8.54. The number of Topliss-reactive ketones (excluding diaryl/α,β-unsaturated/α-hetero) is 1. The number of ketones is 1. The molecule has 0 aliphatic heterocycles. The summed E-state index contributed by atoms with van der Waals surface area (Å²) in [6, 6.07) is 6.13. The highest BCUT2D eigenvalue weighted by atomic mass is 19.1. The Morgan fingerprint density at radius 1 is 1.28 bits per heavy atom. The zero-order chi connectivity index (χ0) is 23.0. The zero-order valence-electron chi connectivity index (χ0n) is 18.1. The molecule has 2 atom stereocenters. The summed E-state index contributed by atoms with van der Waals surface area (Å²) in [7, 11) is 0. The molecule has 166 valence electrons. The van der Waals surface area contributed by atoms with Gasteiger partial charge < -0.3 is 10.4 Å². The highest BCUT2D eigenvalue weighted by Crippen LogP contribution is 2.55. The number of halogens is 1. The molecule has 4 fully saturated rings. The molecule has 4 bridgehead atoms. The average molecular weight is 435 g/mol. The molecule has 1 aromatic rings. The summed E-state index contributed by atoms with van der Waals surface area (Å²) >= 11 is 0. The molecule has 2 N–H and O–H groups in total. The Morgan fingerprint density at radius 3 is 2.56 bits per heavy atom. The number of nitrogens with one attached hydrogen (secondary N) is 1. The van der Waals surface area contributed by atoms with Crippen LogP contribution in [0.4, 0.5) is 4.39 Å². The van der Waals surface area contributed by atoms with E-state index in [9.17, 15) is 24.3 Å². The predicted molar refractivity (Wildman–Crippen MR) is 118 cm³/mol. The summed E-state index contributed by atoms with van der Waals surface area (Å²) in [5.41, 5.74) is -0.551. The van der Waals surface area contributed by atoms with Crippen molar-refractivity contribution in [3.05, 3.63) is 71.1 Å². The number of amides is 1. The molecule has 0 radical (unpaired) electrons. The van der Waals surface area contributed by atoms with Crippen LogP contribution in [0.2, 0.25) is 0 Å². The van der Waals surface area contributed by atoms with Crippen molar-refractivity contribution in [1.29, 1.82) is 5.26 Å². The quantitative estimate of drug-likeness (QED) is 0.395. The Bertz CT molecular complexity index is 1070. The number of rotatable bonds is 6. The second kappa shape index (κ2) is 8.48. The van der Waals surface area contributed by atoms with E-state index in [1.54, 1.807) is 13.0 Å². The van der Waals surface area contributed by atoms with E-state index in [0.29, 0.717) is 18.8 Å². The summed E-state index contributed by atoms with van der Waals surface area (Å²) < 4.78 is 14.1. The molecule has 0 saturated heterocycles. The summed E-state index contributed by atoms with van der Waals surface area (Å²) in [6.45, 7) is 5.24. The first kappa shape index (κ1) is 22.2. The standard InChI is InChI=1S/C26H27FN2O3/c1-3-4-5-22(27)15(2)24(30)17-6-7-21(20(10-17)14-28)25(31)29-23-18-8-16-9-19(23)13-26(32,11-16)12-18/h3-7,10,16,18-19,23,32H,2,8-9,11-13H2,1H3,(H,29,31)/b4-3-,22-5+. The number of carbonyl (C=O) groups is 2. The number of allylic oxidation sites excluding steroid dienone is 5. The fourth-order valence-electron chi connectivity index (χ4n) is 5.99. The molecule has 0 aromatic heterocycles. The summed E-state index contributed by atoms with van der Waals surface area (Å²) in [4.78, 5) is 25.6. The molecule has 1 amide bonds. The number of hydrogen-bond acceptors (Lipinski definition) is 4. The van der Waals surface area contributed by atoms with Gasteiger partial charge in [0.25, 0.3) is 5.91 Å². The molecular formula is C26H27FN2O3. The second-order valence-corrected chi connectivity index (χ2v) is 9.41. The van der Waals surface area contributed by atoms with Crippen molar-refractivity contribution in [2.45, 2.75) is 50.7 Å². The van der Waals surface area contributed by atoms with E-state index in [2.05, 4.69) is 11.9 Å². The van der Waals surface area contributed by atoms with Gasteiger partial charge in [0.1, 0.15) is 5.83 Å². The van der Waals surface area contributed by atoms with Gasteiger partial charge in [-0.2, -0.15) is 5.26 Å². The predicted octanol–water partition coefficient (Wildman–Crippen LogP) is 4.40. The van der Waals surface area contributed by atoms with Crippen LogP contribution in [0, 0.1) is 29.1 Å². The Morgan fingerprint density at radius 2 is 1.97 bits per heavy atom. The van der Waals surface area contributed by atoms with E-state index in [1.807, 2.05) is 6.07 Å². The van der Waals surface area contributed by atoms with Gasteiger partial charge in [0.05, 0.1) is 28.4 Å². The number of benzene rings is 1. The molecule has 5 rings (SSSR count). The lowest BCUT2D eigenvalue weighted by atomic mass is 9.52. The lowest BCUT2D eigenvalue weighted by Crippen LogP contribution is -2.61. The fourth-order valence-corrected chi connectivity index (χ4v) is 5.99. The van der Waals surface area contributed by atoms with Gasteiger partial charge >= 0.3 is 0 Å². The van der Waals surface area contributed by atoms with E-state index >= 15 is 0 Å². The van der Waals surface area contributed by atoms with Crippen molar-refractivity contribution >= 4 is 11.7 Å². The molecule has 4 saturated carbocycles. The largest absolute Gasteiger partial charge is 0.390 e. The fraction of sp³-hybridized carbons (Fsp3) is 0.423. The molecule has 4 aliphatic carbocycles. The number of hydrogen-bond donors (Lipinski definition) is 2. The van der Waals surface area contributed by atoms with E-state index in [0.717, 1.165) is 25.3 Å². The first-order chi connectivity index (χ1) is 15.2. The minimum atomic E-state index is -0.753. The van der Waals surface area contributed by atoms with Crippen LogP contribution >= 0.6 is 0 Å². The topological polar surface area (TPSA) is 90.2 Å². The van der Waals surface area contributed by atoms with Crippen LogP contribution in [0.3, 0.4) is 0 Å². The van der Waals surface area contributed by atoms with Crippen LogP contribution in [0.1, 0.15) is 65.3 Å². The van der Waals surface area contributed by atoms with Crippen molar-refractivity contribution in [3.63, 3.8) is 0 Å². The molecule has 0 heterocycles. The maximum Gasteiger partial charge on any atom is 0.252 e. The van der Waals surface area contributed by atoms with Gasteiger partial charge in [0.15, 0.2) is 5.78 Å². The molecule has 32 heavy (non-hydrogen) atoms. The number of carbonyl (C=O) groups excluding carboxylic acids is 2. The van der Waals surface area contributed by atoms with Crippen LogP contribution < -0.4 is 5.32 Å². The molecular weight excluding hydrogens is 407 g/mol. The van der Waals surface area contributed by atoms with Gasteiger partial charge in [0, 0.05) is 11.6 Å². The minimum Gasteiger partial charge on any atom is -0.390 e. The number of aliphatic hydroxyl groups is 1. The lowest BCUT2D eigenvalue weighted by molar-refractivity contribution is -0.136. The smallest absolute Gasteiger partial charge is 0.252 e. The first-order valence-corrected chi connectivity index (χ1v) is 11.0. The van der Waals surface area contributed by atoms with Crippen LogP contribution in [0.25, 0.3) is 0 Å². The Kier molecular flexibility index (Phi) is 5.87. The maximum atomic E-state index is 14.1. The molecule has 2 unspecified atom stereocenters. The highest BCUT2D eigenvalue weighted by Gasteiger charge is 2.55. The van der Waals surface area contributed by atoms with E-state index in [4.69, 9.17) is 0 Å². The lowest BCUT2D eigenvalue weighted by Gasteiger charge is -2.58. The van der Waals surface area contributed by atoms with Crippen LogP contribution in [0.15, 0.2) is 54.4 Å². The first-order valence-electron chi connectivity index (χ1n) is 11.0. The second-order valence-electron chi connectivity index (χ2n) is 9.41. The number of nitrogens with zero attached hydrogens (tertiary/aromatic N) is 1. The van der Waals surface area contributed by atoms with Gasteiger partial charge in [-0.1, -0.05) is 24.8 Å². The average Bonchev–Trinajstić information content (AvgIpc) is 2.77. The van der Waals surface area contributed by atoms with Crippen LogP contribution in [-0.2, 0) is 0 Å². The van der Waals surface area contributed by atoms with Gasteiger partial charge in [-0.25, -0.2) is 4.39 Å². The van der Waals surface area contributed by atoms with E-state index in [-0.39, 0.29) is 46.0 Å². The molecule has 4 aliphatic rings. The van der Waals surface area contributed by atoms with Crippen molar-refractivity contribution in [1.82, 2.24) is 5.32 Å². The Balaban J connectivity index is 1.51. The Labute approximate surface area is 187 Å². The third kappa shape index (κ3) is 4.05. The highest BCUT2D eigenvalue weighted by molar-refractivity contribution is 6.11. The molecule has 0 spiro atoms. The van der Waals surface area contributed by atoms with Gasteiger partial charge in [-0.05, 0) is 75.0 Å². The summed E-state index contributed by atoms with van der Waals surface area (Å²) in [5, 5.41) is 23.4. The minimum absolute atomic E-state index is 0.0159. The van der Waals surface area contributed by atoms with Crippen molar-refractivity contribution in [3.8, 4) is 6.07 Å². The summed E-state index contributed by atoms with van der Waals surface area (Å²) in [5.74, 6) is -0.726. The third-order valence-corrected chi connectivity index (χ3v) is 7.18. The van der Waals surface area contributed by atoms with E-state index in [1.165, 1.54) is 24.3 Å². The monoisotopic (exact) mass is 434 g/mol. The van der Waals surface area contributed by atoms with Crippen molar-refractivity contribution in [2.75, 3.05) is 0 Å².